The van der Waals surface area contributed by atoms with E-state index in [0.29, 0.717) is 39.1 Å². The van der Waals surface area contributed by atoms with E-state index in [4.69, 9.17) is 5.73 Å². The first kappa shape index (κ1) is 19.8. The van der Waals surface area contributed by atoms with Crippen molar-refractivity contribution >= 4 is 61.5 Å². The van der Waals surface area contributed by atoms with E-state index in [1.165, 1.54) is 17.7 Å². The number of hydrogen-bond acceptors (Lipinski definition) is 8. The fourth-order valence-corrected chi connectivity index (χ4v) is 4.39. The van der Waals surface area contributed by atoms with Crippen LogP contribution in [0.3, 0.4) is 0 Å². The summed E-state index contributed by atoms with van der Waals surface area (Å²) in [5.74, 6) is 1.75. The Kier molecular flexibility index (Phi) is 4.87. The first-order chi connectivity index (χ1) is 15.5. The molecule has 4 heterocycles. The van der Waals surface area contributed by atoms with Crippen molar-refractivity contribution in [3.05, 3.63) is 71.0 Å². The molecule has 0 aliphatic carbocycles. The smallest absolute Gasteiger partial charge is 0.259 e. The molecule has 5 aromatic rings. The van der Waals surface area contributed by atoms with Crippen molar-refractivity contribution in [1.29, 1.82) is 0 Å². The third kappa shape index (κ3) is 3.69. The molecule has 4 aromatic heterocycles. The summed E-state index contributed by atoms with van der Waals surface area (Å²) in [6, 6.07) is 13.7. The highest BCUT2D eigenvalue weighted by atomic mass is 32.1. The summed E-state index contributed by atoms with van der Waals surface area (Å²) >= 11 is 1.34. The van der Waals surface area contributed by atoms with E-state index in [0.717, 1.165) is 22.0 Å². The second-order valence-corrected chi connectivity index (χ2v) is 8.29. The van der Waals surface area contributed by atoms with Crippen molar-refractivity contribution in [2.45, 2.75) is 13.8 Å². The van der Waals surface area contributed by atoms with Crippen LogP contribution in [0.15, 0.2) is 54.2 Å². The second kappa shape index (κ2) is 7.86. The van der Waals surface area contributed by atoms with Gasteiger partial charge in [-0.1, -0.05) is 29.8 Å². The number of rotatable bonds is 4. The van der Waals surface area contributed by atoms with Gasteiger partial charge in [0.05, 0.1) is 15.8 Å². The van der Waals surface area contributed by atoms with Crippen molar-refractivity contribution < 1.29 is 4.79 Å². The highest BCUT2D eigenvalue weighted by molar-refractivity contribution is 7.18. The number of nitrogen functional groups attached to an aromatic ring is 1. The molecule has 0 fully saturated rings. The highest BCUT2D eigenvalue weighted by Crippen LogP contribution is 2.30. The quantitative estimate of drug-likeness (QED) is 0.365. The van der Waals surface area contributed by atoms with Crippen LogP contribution in [-0.2, 0) is 0 Å². The lowest BCUT2D eigenvalue weighted by Crippen LogP contribution is -2.14. The lowest BCUT2D eigenvalue weighted by molar-refractivity contribution is 0.102. The number of benzene rings is 1. The number of amides is 1. The van der Waals surface area contributed by atoms with Crippen LogP contribution in [0.25, 0.3) is 21.0 Å². The van der Waals surface area contributed by atoms with Crippen LogP contribution in [0, 0.1) is 13.8 Å². The predicted molar refractivity (Wildman–Crippen MR) is 129 cm³/mol. The molecule has 8 nitrogen and oxygen atoms in total. The molecule has 0 aliphatic rings. The number of nitrogens with one attached hydrogen (secondary N) is 2. The maximum absolute atomic E-state index is 13.1. The number of hydrogen-bond donors (Lipinski definition) is 3. The molecule has 4 N–H and O–H groups in total. The molecule has 0 aliphatic heterocycles. The van der Waals surface area contributed by atoms with E-state index < -0.39 is 0 Å². The Morgan fingerprint density at radius 3 is 2.75 bits per heavy atom. The summed E-state index contributed by atoms with van der Waals surface area (Å²) < 4.78 is 0.687. The zero-order chi connectivity index (χ0) is 22.2. The van der Waals surface area contributed by atoms with Gasteiger partial charge in [0.15, 0.2) is 0 Å². The largest absolute Gasteiger partial charge is 0.382 e. The Hall–Kier alpha value is -4.11. The number of aromatic nitrogens is 4. The van der Waals surface area contributed by atoms with Gasteiger partial charge >= 0.3 is 0 Å². The summed E-state index contributed by atoms with van der Waals surface area (Å²) in [5.41, 5.74) is 8.87. The lowest BCUT2D eigenvalue weighted by atomic mass is 10.1. The number of anilines is 4. The van der Waals surface area contributed by atoms with Gasteiger partial charge in [-0.25, -0.2) is 19.9 Å². The van der Waals surface area contributed by atoms with Gasteiger partial charge in [-0.2, -0.15) is 0 Å². The van der Waals surface area contributed by atoms with E-state index in [1.807, 2.05) is 50.2 Å². The molecule has 0 spiro atoms. The number of nitrogens with zero attached hydrogens (tertiary/aromatic N) is 4. The molecule has 9 heteroatoms. The number of thiophene rings is 1. The average molecular weight is 442 g/mol. The van der Waals surface area contributed by atoms with E-state index in [-0.39, 0.29) is 5.91 Å². The number of carbonyl (C=O) groups excluding carboxylic acids is 1. The van der Waals surface area contributed by atoms with Crippen molar-refractivity contribution in [2.24, 2.45) is 0 Å². The molecular formula is C23H19N7OS. The second-order valence-electron chi connectivity index (χ2n) is 7.41. The van der Waals surface area contributed by atoms with E-state index >= 15 is 0 Å². The molecule has 0 radical (unpaired) electrons. The predicted octanol–water partition coefficient (Wildman–Crippen LogP) is 4.83. The molecule has 0 saturated carbocycles. The Morgan fingerprint density at radius 1 is 1.03 bits per heavy atom. The number of carbonyl (C=O) groups is 1. The van der Waals surface area contributed by atoms with Crippen molar-refractivity contribution in [2.75, 3.05) is 16.4 Å². The highest BCUT2D eigenvalue weighted by Gasteiger charge is 2.18. The van der Waals surface area contributed by atoms with E-state index in [1.54, 1.807) is 5.38 Å². The monoisotopic (exact) mass is 441 g/mol. The molecule has 1 amide bonds. The molecule has 0 bridgehead atoms. The Labute approximate surface area is 187 Å². The topological polar surface area (TPSA) is 119 Å². The minimum atomic E-state index is -0.311. The van der Waals surface area contributed by atoms with Gasteiger partial charge in [0.2, 0.25) is 0 Å². The van der Waals surface area contributed by atoms with E-state index in [9.17, 15) is 4.79 Å². The standard InChI is InChI=1S/C23H19N7OS/c1-12-6-7-15-14(8-12)9-18(28-17-5-3-4-13(2)27-17)29-22(15)30-23(31)16-10-32-20-19(16)25-11-26-21(20)24/h3-11H,1-2H3,(H2,24,25,26)(H2,27,28,29,30,31). The normalized spacial score (nSPS) is 11.1. The molecule has 158 valence electrons. The Morgan fingerprint density at radius 2 is 1.91 bits per heavy atom. The zero-order valence-corrected chi connectivity index (χ0v) is 18.2. The van der Waals surface area contributed by atoms with E-state index in [2.05, 4.69) is 36.6 Å². The van der Waals surface area contributed by atoms with Gasteiger partial charge in [-0.05, 0) is 37.4 Å². The summed E-state index contributed by atoms with van der Waals surface area (Å²) in [7, 11) is 0. The molecule has 0 saturated heterocycles. The average Bonchev–Trinajstić information content (AvgIpc) is 3.19. The van der Waals surface area contributed by atoms with Crippen LogP contribution < -0.4 is 16.4 Å². The third-order valence-corrected chi connectivity index (χ3v) is 5.98. The SMILES string of the molecule is Cc1ccc2c(NC(=O)c3csc4c(N)ncnc34)nc(Nc3cccc(C)n3)cc2c1. The maximum Gasteiger partial charge on any atom is 0.259 e. The van der Waals surface area contributed by atoms with Crippen LogP contribution in [0.5, 0.6) is 0 Å². The zero-order valence-electron chi connectivity index (χ0n) is 17.4. The lowest BCUT2D eigenvalue weighted by Gasteiger charge is -2.12. The fraction of sp³-hybridized carbons (Fsp3) is 0.0870. The summed E-state index contributed by atoms with van der Waals surface area (Å²) in [5, 5.41) is 9.70. The van der Waals surface area contributed by atoms with Gasteiger partial charge in [0, 0.05) is 16.5 Å². The number of nitrogens with two attached hydrogens (primary N) is 1. The Bertz CT molecular complexity index is 1500. The van der Waals surface area contributed by atoms with Crippen molar-refractivity contribution in [1.82, 2.24) is 19.9 Å². The minimum Gasteiger partial charge on any atom is -0.382 e. The molecule has 0 unspecified atom stereocenters. The molecule has 0 atom stereocenters. The van der Waals surface area contributed by atoms with Gasteiger partial charge in [-0.3, -0.25) is 4.79 Å². The fourth-order valence-electron chi connectivity index (χ4n) is 3.49. The molecule has 1 aromatic carbocycles. The number of pyridine rings is 2. The minimum absolute atomic E-state index is 0.311. The van der Waals surface area contributed by atoms with Crippen LogP contribution in [0.4, 0.5) is 23.3 Å². The summed E-state index contributed by atoms with van der Waals surface area (Å²) in [4.78, 5) is 30.5. The Balaban J connectivity index is 1.55. The first-order valence-corrected chi connectivity index (χ1v) is 10.8. The summed E-state index contributed by atoms with van der Waals surface area (Å²) in [6.07, 6.45) is 1.36. The van der Waals surface area contributed by atoms with Crippen molar-refractivity contribution in [3.63, 3.8) is 0 Å². The molecule has 32 heavy (non-hydrogen) atoms. The van der Waals surface area contributed by atoms with Gasteiger partial charge in [-0.15, -0.1) is 11.3 Å². The molecule has 5 rings (SSSR count). The first-order valence-electron chi connectivity index (χ1n) is 9.89. The third-order valence-electron chi connectivity index (χ3n) is 4.99. The van der Waals surface area contributed by atoms with Crippen LogP contribution in [0.1, 0.15) is 21.6 Å². The van der Waals surface area contributed by atoms with Gasteiger partial charge < -0.3 is 16.4 Å². The maximum atomic E-state index is 13.1. The van der Waals surface area contributed by atoms with Gasteiger partial charge in [0.1, 0.15) is 29.6 Å². The number of aryl methyl sites for hydroxylation is 2. The van der Waals surface area contributed by atoms with Crippen LogP contribution in [-0.4, -0.2) is 25.8 Å². The van der Waals surface area contributed by atoms with Crippen LogP contribution >= 0.6 is 11.3 Å². The van der Waals surface area contributed by atoms with Crippen LogP contribution in [0.2, 0.25) is 0 Å². The summed E-state index contributed by atoms with van der Waals surface area (Å²) in [6.45, 7) is 3.95. The number of fused-ring (bicyclic) bond motifs is 2. The van der Waals surface area contributed by atoms with Gasteiger partial charge in [0.25, 0.3) is 5.91 Å². The van der Waals surface area contributed by atoms with Crippen molar-refractivity contribution in [3.8, 4) is 0 Å². The molecular weight excluding hydrogens is 422 g/mol.